The fourth-order valence-corrected chi connectivity index (χ4v) is 4.85. The number of anilines is 3. The first-order chi connectivity index (χ1) is 16.6. The highest BCUT2D eigenvalue weighted by Gasteiger charge is 2.20. The maximum Gasteiger partial charge on any atom is 0.266 e. The Hall–Kier alpha value is -3.98. The first-order valence-corrected chi connectivity index (χ1v) is 11.9. The summed E-state index contributed by atoms with van der Waals surface area (Å²) in [4.78, 5) is 45.9. The minimum atomic E-state index is -0.354. The van der Waals surface area contributed by atoms with Gasteiger partial charge >= 0.3 is 0 Å². The Kier molecular flexibility index (Phi) is 6.70. The molecular weight excluding hydrogens is 462 g/mol. The molecule has 2 aromatic carbocycles. The van der Waals surface area contributed by atoms with Crippen LogP contribution in [0.1, 0.15) is 26.4 Å². The molecular formula is C26H27N5O3S. The standard InChI is InChI=1S/C26H27N5O3S/c1-15-6-11-20(16(2)12-15)29-24(33)23-17(3)22-25(35-23)27-14-31(26(22)34)13-21(32)28-18-7-9-19(10-8-18)30(4)5/h6-12,14H,13H2,1-5H3,(H,28,32)(H,29,33). The zero-order chi connectivity index (χ0) is 25.3. The third kappa shape index (κ3) is 5.09. The van der Waals surface area contributed by atoms with Crippen molar-refractivity contribution in [2.75, 3.05) is 29.6 Å². The molecule has 0 aliphatic heterocycles. The van der Waals surface area contributed by atoms with Gasteiger partial charge in [0.2, 0.25) is 5.91 Å². The van der Waals surface area contributed by atoms with Crippen molar-refractivity contribution in [2.45, 2.75) is 27.3 Å². The number of hydrogen-bond donors (Lipinski definition) is 2. The molecule has 0 fully saturated rings. The first-order valence-electron chi connectivity index (χ1n) is 11.1. The second-order valence-corrected chi connectivity index (χ2v) is 9.68. The van der Waals surface area contributed by atoms with Crippen molar-refractivity contribution in [3.05, 3.63) is 80.7 Å². The summed E-state index contributed by atoms with van der Waals surface area (Å²) in [5.74, 6) is -0.631. The maximum absolute atomic E-state index is 13.2. The van der Waals surface area contributed by atoms with Gasteiger partial charge in [0.25, 0.3) is 11.5 Å². The summed E-state index contributed by atoms with van der Waals surface area (Å²) < 4.78 is 1.26. The smallest absolute Gasteiger partial charge is 0.266 e. The topological polar surface area (TPSA) is 96.3 Å². The molecule has 180 valence electrons. The highest BCUT2D eigenvalue weighted by atomic mass is 32.1. The lowest BCUT2D eigenvalue weighted by Crippen LogP contribution is -2.28. The molecule has 4 aromatic rings. The van der Waals surface area contributed by atoms with Crippen LogP contribution in [0.3, 0.4) is 0 Å². The van der Waals surface area contributed by atoms with Crippen LogP contribution in [0.15, 0.2) is 53.6 Å². The van der Waals surface area contributed by atoms with Crippen LogP contribution in [-0.2, 0) is 11.3 Å². The van der Waals surface area contributed by atoms with E-state index in [0.717, 1.165) is 22.5 Å². The average Bonchev–Trinajstić information content (AvgIpc) is 3.15. The third-order valence-corrected chi connectivity index (χ3v) is 6.93. The van der Waals surface area contributed by atoms with Gasteiger partial charge in [-0.3, -0.25) is 19.0 Å². The van der Waals surface area contributed by atoms with Crippen molar-refractivity contribution in [1.29, 1.82) is 0 Å². The summed E-state index contributed by atoms with van der Waals surface area (Å²) >= 11 is 1.17. The Morgan fingerprint density at radius 2 is 1.74 bits per heavy atom. The van der Waals surface area contributed by atoms with Crippen molar-refractivity contribution < 1.29 is 9.59 Å². The first kappa shape index (κ1) is 24.2. The predicted octanol–water partition coefficient (Wildman–Crippen LogP) is 4.34. The van der Waals surface area contributed by atoms with Gasteiger partial charge in [-0.2, -0.15) is 0 Å². The number of benzene rings is 2. The SMILES string of the molecule is Cc1ccc(NC(=O)c2sc3ncn(CC(=O)Nc4ccc(N(C)C)cc4)c(=O)c3c2C)c(C)c1. The van der Waals surface area contributed by atoms with E-state index in [1.807, 2.05) is 63.2 Å². The number of carbonyl (C=O) groups excluding carboxylic acids is 2. The lowest BCUT2D eigenvalue weighted by atomic mass is 10.1. The Morgan fingerprint density at radius 1 is 1.03 bits per heavy atom. The molecule has 0 radical (unpaired) electrons. The number of thiophene rings is 1. The van der Waals surface area contributed by atoms with Crippen LogP contribution in [0.5, 0.6) is 0 Å². The Labute approximate surface area is 207 Å². The molecule has 0 unspecified atom stereocenters. The van der Waals surface area contributed by atoms with E-state index in [-0.39, 0.29) is 23.9 Å². The predicted molar refractivity (Wildman–Crippen MR) is 142 cm³/mol. The van der Waals surface area contributed by atoms with Crippen molar-refractivity contribution in [3.63, 3.8) is 0 Å². The molecule has 9 heteroatoms. The average molecular weight is 490 g/mol. The van der Waals surface area contributed by atoms with Gasteiger partial charge in [-0.25, -0.2) is 4.98 Å². The Morgan fingerprint density at radius 3 is 2.40 bits per heavy atom. The summed E-state index contributed by atoms with van der Waals surface area (Å²) in [5.41, 5.74) is 4.64. The number of aryl methyl sites for hydroxylation is 3. The van der Waals surface area contributed by atoms with Crippen LogP contribution in [0.25, 0.3) is 10.2 Å². The number of aromatic nitrogens is 2. The van der Waals surface area contributed by atoms with Crippen LogP contribution in [0, 0.1) is 20.8 Å². The van der Waals surface area contributed by atoms with Gasteiger partial charge in [0.1, 0.15) is 11.4 Å². The van der Waals surface area contributed by atoms with Crippen molar-refractivity contribution in [2.24, 2.45) is 0 Å². The third-order valence-electron chi connectivity index (χ3n) is 5.74. The van der Waals surface area contributed by atoms with Crippen molar-refractivity contribution in [3.8, 4) is 0 Å². The summed E-state index contributed by atoms with van der Waals surface area (Å²) in [5, 5.41) is 6.08. The molecule has 4 rings (SSSR count). The van der Waals surface area contributed by atoms with E-state index in [0.29, 0.717) is 26.3 Å². The molecule has 35 heavy (non-hydrogen) atoms. The van der Waals surface area contributed by atoms with E-state index in [4.69, 9.17) is 0 Å². The van der Waals surface area contributed by atoms with Crippen LogP contribution in [0.4, 0.5) is 17.1 Å². The lowest BCUT2D eigenvalue weighted by molar-refractivity contribution is -0.116. The maximum atomic E-state index is 13.2. The number of hydrogen-bond acceptors (Lipinski definition) is 6. The van der Waals surface area contributed by atoms with Gasteiger partial charge in [0, 0.05) is 31.2 Å². The van der Waals surface area contributed by atoms with Crippen LogP contribution >= 0.6 is 11.3 Å². The molecule has 0 saturated carbocycles. The second-order valence-electron chi connectivity index (χ2n) is 8.68. The molecule has 8 nitrogen and oxygen atoms in total. The monoisotopic (exact) mass is 489 g/mol. The summed E-state index contributed by atoms with van der Waals surface area (Å²) in [6.45, 7) is 5.47. The number of carbonyl (C=O) groups is 2. The number of nitrogens with zero attached hydrogens (tertiary/aromatic N) is 3. The zero-order valence-corrected chi connectivity index (χ0v) is 21.1. The number of amides is 2. The summed E-state index contributed by atoms with van der Waals surface area (Å²) in [7, 11) is 3.88. The minimum Gasteiger partial charge on any atom is -0.378 e. The van der Waals surface area contributed by atoms with Gasteiger partial charge in [-0.1, -0.05) is 17.7 Å². The highest BCUT2D eigenvalue weighted by molar-refractivity contribution is 7.20. The minimum absolute atomic E-state index is 0.184. The highest BCUT2D eigenvalue weighted by Crippen LogP contribution is 2.28. The van der Waals surface area contributed by atoms with Gasteiger partial charge in [-0.15, -0.1) is 11.3 Å². The van der Waals surface area contributed by atoms with E-state index in [1.54, 1.807) is 19.1 Å². The normalized spacial score (nSPS) is 10.9. The van der Waals surface area contributed by atoms with Crippen LogP contribution in [-0.4, -0.2) is 35.5 Å². The number of rotatable bonds is 6. The van der Waals surface area contributed by atoms with E-state index < -0.39 is 0 Å². The van der Waals surface area contributed by atoms with Crippen LogP contribution in [0.2, 0.25) is 0 Å². The molecule has 2 amide bonds. The molecule has 0 bridgehead atoms. The lowest BCUT2D eigenvalue weighted by Gasteiger charge is -2.13. The molecule has 2 aromatic heterocycles. The molecule has 2 N–H and O–H groups in total. The van der Waals surface area contributed by atoms with Crippen molar-refractivity contribution >= 4 is 50.4 Å². The molecule has 2 heterocycles. The van der Waals surface area contributed by atoms with Gasteiger partial charge in [0.15, 0.2) is 0 Å². The molecule has 0 aliphatic rings. The fourth-order valence-electron chi connectivity index (χ4n) is 3.82. The molecule has 0 saturated heterocycles. The fraction of sp³-hybridized carbons (Fsp3) is 0.231. The number of nitrogens with one attached hydrogen (secondary N) is 2. The van der Waals surface area contributed by atoms with Crippen LogP contribution < -0.4 is 21.1 Å². The quantitative estimate of drug-likeness (QED) is 0.420. The summed E-state index contributed by atoms with van der Waals surface area (Å²) in [6.07, 6.45) is 1.35. The second kappa shape index (κ2) is 9.71. The largest absolute Gasteiger partial charge is 0.378 e. The molecule has 0 spiro atoms. The Bertz CT molecular complexity index is 1490. The Balaban J connectivity index is 1.54. The van der Waals surface area contributed by atoms with Gasteiger partial charge in [0.05, 0.1) is 16.6 Å². The van der Waals surface area contributed by atoms with Gasteiger partial charge < -0.3 is 15.5 Å². The van der Waals surface area contributed by atoms with E-state index >= 15 is 0 Å². The van der Waals surface area contributed by atoms with E-state index in [1.165, 1.54) is 22.2 Å². The molecule has 0 atom stereocenters. The van der Waals surface area contributed by atoms with E-state index in [9.17, 15) is 14.4 Å². The van der Waals surface area contributed by atoms with E-state index in [2.05, 4.69) is 15.6 Å². The number of fused-ring (bicyclic) bond motifs is 1. The van der Waals surface area contributed by atoms with Crippen molar-refractivity contribution in [1.82, 2.24) is 9.55 Å². The zero-order valence-electron chi connectivity index (χ0n) is 20.3. The summed E-state index contributed by atoms with van der Waals surface area (Å²) in [6, 6.07) is 13.2. The van der Waals surface area contributed by atoms with Gasteiger partial charge in [-0.05, 0) is 62.2 Å². The molecule has 0 aliphatic carbocycles.